The van der Waals surface area contributed by atoms with Crippen LogP contribution in [0, 0.1) is 11.3 Å². The third-order valence-corrected chi connectivity index (χ3v) is 2.71. The highest BCUT2D eigenvalue weighted by molar-refractivity contribution is 5.78. The van der Waals surface area contributed by atoms with Gasteiger partial charge in [0.1, 0.15) is 12.4 Å². The van der Waals surface area contributed by atoms with Gasteiger partial charge in [0.2, 0.25) is 0 Å². The van der Waals surface area contributed by atoms with Gasteiger partial charge in [0, 0.05) is 6.20 Å². The van der Waals surface area contributed by atoms with Gasteiger partial charge in [0.25, 0.3) is 0 Å². The molecule has 0 unspecified atom stereocenters. The number of benzene rings is 1. The summed E-state index contributed by atoms with van der Waals surface area (Å²) in [6, 6.07) is 11.3. The fourth-order valence-corrected chi connectivity index (χ4v) is 1.86. The van der Waals surface area contributed by atoms with Gasteiger partial charge in [-0.1, -0.05) is 12.1 Å². The predicted octanol–water partition coefficient (Wildman–Crippen LogP) is 1.87. The van der Waals surface area contributed by atoms with Crippen LogP contribution < -0.4 is 5.73 Å². The van der Waals surface area contributed by atoms with Crippen molar-refractivity contribution in [1.82, 2.24) is 14.5 Å². The van der Waals surface area contributed by atoms with Gasteiger partial charge in [0.15, 0.2) is 5.82 Å². The molecule has 2 heterocycles. The summed E-state index contributed by atoms with van der Waals surface area (Å²) in [5.74, 6) is 0.586. The van der Waals surface area contributed by atoms with Crippen LogP contribution in [0.5, 0.6) is 0 Å². The normalized spacial score (nSPS) is 10.4. The van der Waals surface area contributed by atoms with E-state index >= 15 is 0 Å². The molecule has 3 aromatic rings. The third kappa shape index (κ3) is 1.48. The molecule has 86 valence electrons. The molecule has 0 amide bonds. The lowest BCUT2D eigenvalue weighted by Crippen LogP contribution is -2.02. The first kappa shape index (κ1) is 10.3. The molecule has 5 heteroatoms. The Morgan fingerprint density at radius 2 is 2.06 bits per heavy atom. The van der Waals surface area contributed by atoms with E-state index in [1.54, 1.807) is 12.4 Å². The van der Waals surface area contributed by atoms with E-state index in [1.165, 1.54) is 6.20 Å². The monoisotopic (exact) mass is 235 g/mol. The predicted molar refractivity (Wildman–Crippen MR) is 68.0 cm³/mol. The van der Waals surface area contributed by atoms with Crippen LogP contribution in [-0.4, -0.2) is 14.5 Å². The second-order valence-electron chi connectivity index (χ2n) is 3.85. The quantitative estimate of drug-likeness (QED) is 0.698. The van der Waals surface area contributed by atoms with E-state index in [9.17, 15) is 0 Å². The zero-order chi connectivity index (χ0) is 12.5. The molecule has 1 aromatic carbocycles. The molecule has 0 aliphatic carbocycles. The number of nitrogens with two attached hydrogens (primary N) is 1. The topological polar surface area (TPSA) is 80.5 Å². The Morgan fingerprint density at radius 1 is 1.22 bits per heavy atom. The summed E-state index contributed by atoms with van der Waals surface area (Å²) in [6.07, 6.45) is 3.18. The highest BCUT2D eigenvalue weighted by atomic mass is 15.1. The van der Waals surface area contributed by atoms with Gasteiger partial charge in [-0.3, -0.25) is 4.57 Å². The van der Waals surface area contributed by atoms with Crippen molar-refractivity contribution in [3.8, 4) is 11.9 Å². The number of aromatic nitrogens is 3. The summed E-state index contributed by atoms with van der Waals surface area (Å²) in [5.41, 5.74) is 8.63. The maximum Gasteiger partial charge on any atom is 0.161 e. The first-order valence-corrected chi connectivity index (χ1v) is 5.37. The minimum absolute atomic E-state index is 0.445. The number of rotatable bonds is 1. The summed E-state index contributed by atoms with van der Waals surface area (Å²) in [5, 5.41) is 8.79. The van der Waals surface area contributed by atoms with Crippen LogP contribution in [0.2, 0.25) is 0 Å². The Balaban J connectivity index is 2.24. The minimum atomic E-state index is 0.445. The number of pyridine rings is 1. The van der Waals surface area contributed by atoms with Crippen molar-refractivity contribution in [3.05, 3.63) is 48.4 Å². The van der Waals surface area contributed by atoms with E-state index in [-0.39, 0.29) is 0 Å². The third-order valence-electron chi connectivity index (χ3n) is 2.71. The number of anilines is 1. The zero-order valence-electron chi connectivity index (χ0n) is 9.41. The van der Waals surface area contributed by atoms with Crippen molar-refractivity contribution < 1.29 is 0 Å². The molecule has 5 nitrogen and oxygen atoms in total. The molecule has 0 saturated heterocycles. The summed E-state index contributed by atoms with van der Waals surface area (Å²) in [6.45, 7) is 0. The largest absolute Gasteiger partial charge is 0.396 e. The number of fused-ring (bicyclic) bond motifs is 1. The van der Waals surface area contributed by atoms with E-state index in [2.05, 4.69) is 9.97 Å². The Bertz CT molecular complexity index is 766. The lowest BCUT2D eigenvalue weighted by atomic mass is 10.2. The number of nitriles is 1. The highest BCUT2D eigenvalue weighted by Gasteiger charge is 2.08. The number of hydrogen-bond donors (Lipinski definition) is 1. The van der Waals surface area contributed by atoms with E-state index in [1.807, 2.05) is 34.9 Å². The van der Waals surface area contributed by atoms with Crippen molar-refractivity contribution in [2.24, 2.45) is 0 Å². The Morgan fingerprint density at radius 3 is 2.83 bits per heavy atom. The molecule has 2 N–H and O–H groups in total. The first-order chi connectivity index (χ1) is 8.79. The molecule has 0 atom stereocenters. The Labute approximate surface area is 103 Å². The van der Waals surface area contributed by atoms with Crippen molar-refractivity contribution in [2.45, 2.75) is 0 Å². The van der Waals surface area contributed by atoms with Gasteiger partial charge in [-0.2, -0.15) is 5.26 Å². The Hall–Kier alpha value is -2.87. The fourth-order valence-electron chi connectivity index (χ4n) is 1.86. The number of nitrogens with zero attached hydrogens (tertiary/aromatic N) is 4. The lowest BCUT2D eigenvalue weighted by Gasteiger charge is -2.06. The van der Waals surface area contributed by atoms with Gasteiger partial charge in [0.05, 0.1) is 22.3 Å². The van der Waals surface area contributed by atoms with Crippen molar-refractivity contribution in [3.63, 3.8) is 0 Å². The number of hydrogen-bond acceptors (Lipinski definition) is 4. The average molecular weight is 235 g/mol. The first-order valence-electron chi connectivity index (χ1n) is 5.37. The molecule has 0 aliphatic heterocycles. The van der Waals surface area contributed by atoms with Crippen molar-refractivity contribution in [2.75, 3.05) is 5.73 Å². The molecule has 2 aromatic heterocycles. The van der Waals surface area contributed by atoms with Gasteiger partial charge < -0.3 is 5.73 Å². The van der Waals surface area contributed by atoms with Crippen LogP contribution in [0.25, 0.3) is 16.9 Å². The molecule has 0 spiro atoms. The molecule has 18 heavy (non-hydrogen) atoms. The number of nitrogen functional groups attached to an aromatic ring is 1. The van der Waals surface area contributed by atoms with Crippen LogP contribution >= 0.6 is 0 Å². The number of para-hydroxylation sites is 2. The maximum atomic E-state index is 8.79. The summed E-state index contributed by atoms with van der Waals surface area (Å²) in [4.78, 5) is 8.50. The molecule has 3 rings (SSSR count). The van der Waals surface area contributed by atoms with E-state index in [0.29, 0.717) is 17.1 Å². The summed E-state index contributed by atoms with van der Waals surface area (Å²) < 4.78 is 1.81. The zero-order valence-corrected chi connectivity index (χ0v) is 9.41. The van der Waals surface area contributed by atoms with Gasteiger partial charge in [-0.25, -0.2) is 9.97 Å². The van der Waals surface area contributed by atoms with E-state index < -0.39 is 0 Å². The standard InChI is InChI=1S/C13H9N5/c14-6-9-5-10(15)13(16-7-9)18-8-17-11-3-1-2-4-12(11)18/h1-5,7-8H,15H2. The maximum absolute atomic E-state index is 8.79. The van der Waals surface area contributed by atoms with Crippen LogP contribution in [-0.2, 0) is 0 Å². The van der Waals surface area contributed by atoms with Crippen molar-refractivity contribution >= 4 is 16.7 Å². The molecule has 0 fully saturated rings. The van der Waals surface area contributed by atoms with E-state index in [0.717, 1.165) is 11.0 Å². The average Bonchev–Trinajstić information content (AvgIpc) is 2.82. The molecular formula is C13H9N5. The molecule has 0 bridgehead atoms. The summed E-state index contributed by atoms with van der Waals surface area (Å²) in [7, 11) is 0. The van der Waals surface area contributed by atoms with Gasteiger partial charge in [-0.05, 0) is 18.2 Å². The van der Waals surface area contributed by atoms with E-state index in [4.69, 9.17) is 11.0 Å². The highest BCUT2D eigenvalue weighted by Crippen LogP contribution is 2.21. The van der Waals surface area contributed by atoms with Crippen LogP contribution in [0.3, 0.4) is 0 Å². The summed E-state index contributed by atoms with van der Waals surface area (Å²) >= 11 is 0. The van der Waals surface area contributed by atoms with Crippen LogP contribution in [0.4, 0.5) is 5.69 Å². The van der Waals surface area contributed by atoms with Crippen LogP contribution in [0.1, 0.15) is 5.56 Å². The van der Waals surface area contributed by atoms with Crippen LogP contribution in [0.15, 0.2) is 42.9 Å². The number of imidazole rings is 1. The Kier molecular flexibility index (Phi) is 2.21. The van der Waals surface area contributed by atoms with Gasteiger partial charge >= 0.3 is 0 Å². The van der Waals surface area contributed by atoms with Crippen molar-refractivity contribution in [1.29, 1.82) is 5.26 Å². The second-order valence-corrected chi connectivity index (χ2v) is 3.85. The lowest BCUT2D eigenvalue weighted by molar-refractivity contribution is 1.02. The molecule has 0 saturated carbocycles. The SMILES string of the molecule is N#Cc1cnc(-n2cnc3ccccc32)c(N)c1. The molecular weight excluding hydrogens is 226 g/mol. The molecule has 0 radical (unpaired) electrons. The minimum Gasteiger partial charge on any atom is -0.396 e. The smallest absolute Gasteiger partial charge is 0.161 e. The molecule has 0 aliphatic rings. The fraction of sp³-hybridized carbons (Fsp3) is 0. The van der Waals surface area contributed by atoms with Gasteiger partial charge in [-0.15, -0.1) is 0 Å². The second kappa shape index (κ2) is 3.86.